The van der Waals surface area contributed by atoms with Crippen LogP contribution in [0.5, 0.6) is 11.5 Å². The fourth-order valence-corrected chi connectivity index (χ4v) is 3.35. The van der Waals surface area contributed by atoms with Gasteiger partial charge >= 0.3 is 41.3 Å². The van der Waals surface area contributed by atoms with Crippen LogP contribution < -0.4 is 0 Å². The molecule has 0 saturated heterocycles. The van der Waals surface area contributed by atoms with E-state index in [1.807, 2.05) is 18.2 Å². The molecule has 0 saturated carbocycles. The van der Waals surface area contributed by atoms with E-state index in [1.165, 1.54) is 79.6 Å². The molecule has 0 atom stereocenters. The molecule has 0 bridgehead atoms. The van der Waals surface area contributed by atoms with Gasteiger partial charge in [0.05, 0.1) is 0 Å². The third-order valence-electron chi connectivity index (χ3n) is 5.10. The standard InChI is InChI=1S/C13H9.2C6H5FO.C6H7.C3H6.Zr/c1-3-7-12-10(5-1)9-11-6-2-4-8-13(11)12;2*7-5-1-3-6(8)4-2-5;1-6-4-2-3-5-6;1-3-2;/h1-5,7-8H,9H2;2*1-4,8H;2-5H,1H3;1-2H3;/q-1;;;-1;;+2. The maximum Gasteiger partial charge on any atom is 0.123 e. The fourth-order valence-electron chi connectivity index (χ4n) is 3.35. The van der Waals surface area contributed by atoms with Crippen molar-refractivity contribution in [3.8, 4) is 22.6 Å². The number of phenols is 2. The van der Waals surface area contributed by atoms with Gasteiger partial charge in [-0.15, -0.1) is 5.56 Å². The number of hydrogen-bond donors (Lipinski definition) is 2. The van der Waals surface area contributed by atoms with Crippen LogP contribution in [-0.4, -0.2) is 13.4 Å². The van der Waals surface area contributed by atoms with Crippen LogP contribution in [0.25, 0.3) is 11.1 Å². The van der Waals surface area contributed by atoms with Crippen molar-refractivity contribution in [2.24, 2.45) is 0 Å². The van der Waals surface area contributed by atoms with Crippen molar-refractivity contribution >= 4 is 3.21 Å². The van der Waals surface area contributed by atoms with Gasteiger partial charge in [-0.3, -0.25) is 0 Å². The van der Waals surface area contributed by atoms with Crippen LogP contribution in [0.1, 0.15) is 30.5 Å². The summed E-state index contributed by atoms with van der Waals surface area (Å²) >= 11 is 1.55. The Morgan fingerprint density at radius 2 is 1.28 bits per heavy atom. The average Bonchev–Trinajstić information content (AvgIpc) is 3.55. The first kappa shape index (κ1) is 31.7. The molecular formula is C34H32F2O2Zr. The van der Waals surface area contributed by atoms with Crippen molar-refractivity contribution in [3.63, 3.8) is 0 Å². The first-order valence-electron chi connectivity index (χ1n) is 12.3. The molecule has 6 rings (SSSR count). The summed E-state index contributed by atoms with van der Waals surface area (Å²) in [5.41, 5.74) is 6.85. The van der Waals surface area contributed by atoms with E-state index in [9.17, 15) is 8.78 Å². The topological polar surface area (TPSA) is 40.5 Å². The SMILES string of the molecule is C[C](C)=[Zr+2].Cc1cc[cH-]c1.Oc1ccc(F)cc1.Oc1ccc(F)cc1.[c-]1cccc2c1Cc1ccccc1-2. The van der Waals surface area contributed by atoms with Gasteiger partial charge in [-0.1, -0.05) is 42.3 Å². The number of benzene rings is 4. The molecular weight excluding hydrogens is 570 g/mol. The molecule has 0 amide bonds. The first-order valence-corrected chi connectivity index (χ1v) is 13.6. The molecule has 1 aliphatic carbocycles. The fraction of sp³-hybridized carbons (Fsp3) is 0.118. The molecule has 5 aromatic rings. The molecule has 5 heteroatoms. The van der Waals surface area contributed by atoms with Gasteiger partial charge in [0.15, 0.2) is 0 Å². The summed E-state index contributed by atoms with van der Waals surface area (Å²) in [6.45, 7) is 6.33. The predicted octanol–water partition coefficient (Wildman–Crippen LogP) is 8.58. The van der Waals surface area contributed by atoms with Gasteiger partial charge in [0.1, 0.15) is 23.1 Å². The van der Waals surface area contributed by atoms with E-state index < -0.39 is 0 Å². The van der Waals surface area contributed by atoms with Gasteiger partial charge in [-0.05, 0) is 55.0 Å². The van der Waals surface area contributed by atoms with E-state index in [2.05, 4.69) is 75.4 Å². The molecule has 39 heavy (non-hydrogen) atoms. The number of aromatic hydroxyl groups is 2. The number of halogens is 2. The first-order chi connectivity index (χ1) is 18.7. The molecule has 2 N–H and O–H groups in total. The van der Waals surface area contributed by atoms with Crippen molar-refractivity contribution in [3.05, 3.63) is 150 Å². The monoisotopic (exact) mass is 600 g/mol. The summed E-state index contributed by atoms with van der Waals surface area (Å²) in [7, 11) is 0. The normalized spacial score (nSPS) is 9.92. The zero-order valence-electron chi connectivity index (χ0n) is 22.3. The molecule has 2 nitrogen and oxygen atoms in total. The molecule has 0 aliphatic heterocycles. The second-order valence-corrected chi connectivity index (χ2v) is 11.3. The molecule has 0 unspecified atom stereocenters. The third kappa shape index (κ3) is 12.7. The average molecular weight is 602 g/mol. The number of fused-ring (bicyclic) bond motifs is 3. The Hall–Kier alpha value is -3.56. The van der Waals surface area contributed by atoms with Gasteiger partial charge in [-0.25, -0.2) is 20.4 Å². The van der Waals surface area contributed by atoms with Gasteiger partial charge in [-0.2, -0.15) is 48.0 Å². The minimum atomic E-state index is -0.331. The largest absolute Gasteiger partial charge is 0.508 e. The Balaban J connectivity index is 0.000000181. The van der Waals surface area contributed by atoms with E-state index in [1.54, 1.807) is 24.2 Å². The zero-order chi connectivity index (χ0) is 28.6. The Bertz CT molecular complexity index is 1260. The molecule has 0 fully saturated rings. The Labute approximate surface area is 244 Å². The van der Waals surface area contributed by atoms with Crippen LogP contribution >= 0.6 is 0 Å². The number of aryl methyl sites for hydroxylation is 1. The van der Waals surface area contributed by atoms with Crippen molar-refractivity contribution in [2.75, 3.05) is 0 Å². The van der Waals surface area contributed by atoms with E-state index >= 15 is 0 Å². The van der Waals surface area contributed by atoms with Crippen LogP contribution in [0.2, 0.25) is 0 Å². The molecule has 1 aliphatic rings. The van der Waals surface area contributed by atoms with Crippen LogP contribution in [0.3, 0.4) is 0 Å². The maximum atomic E-state index is 12.0. The Morgan fingerprint density at radius 3 is 1.72 bits per heavy atom. The second-order valence-electron chi connectivity index (χ2n) is 8.81. The molecule has 5 aromatic carbocycles. The van der Waals surface area contributed by atoms with E-state index in [-0.39, 0.29) is 23.1 Å². The molecule has 0 radical (unpaired) electrons. The summed E-state index contributed by atoms with van der Waals surface area (Å²) < 4.78 is 25.5. The smallest absolute Gasteiger partial charge is 0.123 e. The Morgan fingerprint density at radius 1 is 0.769 bits per heavy atom. The van der Waals surface area contributed by atoms with Crippen molar-refractivity contribution in [1.29, 1.82) is 0 Å². The van der Waals surface area contributed by atoms with Crippen LogP contribution in [0.4, 0.5) is 8.78 Å². The van der Waals surface area contributed by atoms with E-state index in [0.29, 0.717) is 0 Å². The van der Waals surface area contributed by atoms with Crippen molar-refractivity contribution in [1.82, 2.24) is 0 Å². The zero-order valence-corrected chi connectivity index (χ0v) is 24.8. The summed E-state index contributed by atoms with van der Waals surface area (Å²) in [6, 6.07) is 36.4. The summed E-state index contributed by atoms with van der Waals surface area (Å²) in [5.74, 6) is -0.483. The molecule has 0 aromatic heterocycles. The van der Waals surface area contributed by atoms with Crippen molar-refractivity contribution < 1.29 is 43.2 Å². The second kappa shape index (κ2) is 17.1. The van der Waals surface area contributed by atoms with Crippen LogP contribution in [0, 0.1) is 24.6 Å². The summed E-state index contributed by atoms with van der Waals surface area (Å²) in [5, 5.41) is 17.2. The number of rotatable bonds is 0. The van der Waals surface area contributed by atoms with Crippen LogP contribution in [0.15, 0.2) is 115 Å². The minimum absolute atomic E-state index is 0.0893. The van der Waals surface area contributed by atoms with Gasteiger partial charge < -0.3 is 10.2 Å². The van der Waals surface area contributed by atoms with E-state index in [0.717, 1.165) is 6.42 Å². The quantitative estimate of drug-likeness (QED) is 0.171. The van der Waals surface area contributed by atoms with Gasteiger partial charge in [0, 0.05) is 0 Å². The molecule has 0 heterocycles. The number of phenolic OH excluding ortho intramolecular Hbond substituents is 2. The van der Waals surface area contributed by atoms with E-state index in [4.69, 9.17) is 10.2 Å². The maximum absolute atomic E-state index is 12.0. The Kier molecular flexibility index (Phi) is 13.9. The van der Waals surface area contributed by atoms with Gasteiger partial charge in [0.25, 0.3) is 0 Å². The summed E-state index contributed by atoms with van der Waals surface area (Å²) in [6.07, 6.45) is 1.05. The number of hydrogen-bond acceptors (Lipinski definition) is 2. The minimum Gasteiger partial charge on any atom is -0.508 e. The summed E-state index contributed by atoms with van der Waals surface area (Å²) in [4.78, 5) is 0. The van der Waals surface area contributed by atoms with Crippen molar-refractivity contribution in [2.45, 2.75) is 27.2 Å². The predicted molar refractivity (Wildman–Crippen MR) is 153 cm³/mol. The third-order valence-corrected chi connectivity index (χ3v) is 5.10. The molecule has 198 valence electrons. The molecule has 0 spiro atoms. The van der Waals surface area contributed by atoms with Crippen LogP contribution in [-0.2, 0) is 30.7 Å². The van der Waals surface area contributed by atoms with Gasteiger partial charge in [0.2, 0.25) is 0 Å².